The molecule has 0 bridgehead atoms. The number of hydrogen-bond donors (Lipinski definition) is 0. The highest BCUT2D eigenvalue weighted by Crippen LogP contribution is 2.21. The third-order valence-corrected chi connectivity index (χ3v) is 2.11. The van der Waals surface area contributed by atoms with E-state index in [0.29, 0.717) is 5.92 Å². The quantitative estimate of drug-likeness (QED) is 0.621. The molecular weight excluding hydrogens is 154 g/mol. The van der Waals surface area contributed by atoms with Crippen molar-refractivity contribution >= 4 is 0 Å². The minimum atomic E-state index is 0.375. The molecule has 1 atom stereocenters. The Morgan fingerprint density at radius 1 is 1.50 bits per heavy atom. The molecule has 1 fully saturated rings. The van der Waals surface area contributed by atoms with Crippen LogP contribution in [0, 0.1) is 6.92 Å². The molecule has 12 heavy (non-hydrogen) atoms. The molecule has 0 spiro atoms. The van der Waals surface area contributed by atoms with Crippen molar-refractivity contribution in [2.45, 2.75) is 25.7 Å². The van der Waals surface area contributed by atoms with Gasteiger partial charge in [-0.25, -0.2) is 5.32 Å². The molecule has 0 saturated carbocycles. The number of aryl methyl sites for hydroxylation is 1. The molecule has 0 amide bonds. The maximum Gasteiger partial charge on any atom is 0.231 e. The first-order valence-electron chi connectivity index (χ1n) is 4.30. The van der Waals surface area contributed by atoms with E-state index in [1.54, 1.807) is 0 Å². The lowest BCUT2D eigenvalue weighted by Gasteiger charge is -2.17. The largest absolute Gasteiger partial charge is 0.339 e. The van der Waals surface area contributed by atoms with Crippen molar-refractivity contribution in [2.75, 3.05) is 13.1 Å². The van der Waals surface area contributed by atoms with E-state index >= 15 is 0 Å². The first-order chi connectivity index (χ1) is 5.86. The minimum absolute atomic E-state index is 0.375. The van der Waals surface area contributed by atoms with Crippen molar-refractivity contribution in [1.29, 1.82) is 0 Å². The fourth-order valence-corrected chi connectivity index (χ4v) is 1.47. The Labute approximate surface area is 71.4 Å². The molecule has 1 aromatic heterocycles. The van der Waals surface area contributed by atoms with Crippen molar-refractivity contribution < 1.29 is 4.52 Å². The van der Waals surface area contributed by atoms with Gasteiger partial charge in [-0.15, -0.1) is 0 Å². The summed E-state index contributed by atoms with van der Waals surface area (Å²) < 4.78 is 5.08. The van der Waals surface area contributed by atoms with Gasteiger partial charge in [-0.05, 0) is 19.8 Å². The van der Waals surface area contributed by atoms with Crippen molar-refractivity contribution in [2.24, 2.45) is 0 Å². The molecule has 0 aliphatic carbocycles. The molecule has 0 aromatic carbocycles. The maximum absolute atomic E-state index is 5.08. The SMILES string of the molecule is Cc1noc(C2CCC[N]C2)n1. The van der Waals surface area contributed by atoms with E-state index in [2.05, 4.69) is 15.5 Å². The summed E-state index contributed by atoms with van der Waals surface area (Å²) in [6.45, 7) is 3.68. The lowest BCUT2D eigenvalue weighted by molar-refractivity contribution is 0.319. The van der Waals surface area contributed by atoms with Gasteiger partial charge in [0.25, 0.3) is 0 Å². The van der Waals surface area contributed by atoms with Gasteiger partial charge in [0.1, 0.15) is 0 Å². The number of piperidine rings is 1. The van der Waals surface area contributed by atoms with Crippen LogP contribution in [-0.2, 0) is 0 Å². The number of hydrogen-bond acceptors (Lipinski definition) is 3. The second-order valence-corrected chi connectivity index (χ2v) is 3.15. The summed E-state index contributed by atoms with van der Waals surface area (Å²) in [4.78, 5) is 4.20. The second-order valence-electron chi connectivity index (χ2n) is 3.15. The van der Waals surface area contributed by atoms with Gasteiger partial charge in [-0.2, -0.15) is 4.98 Å². The predicted octanol–water partition coefficient (Wildman–Crippen LogP) is 0.860. The Balaban J connectivity index is 2.08. The Morgan fingerprint density at radius 2 is 2.42 bits per heavy atom. The van der Waals surface area contributed by atoms with Gasteiger partial charge in [0.05, 0.1) is 5.92 Å². The summed E-state index contributed by atoms with van der Waals surface area (Å²) in [6.07, 6.45) is 2.28. The summed E-state index contributed by atoms with van der Waals surface area (Å²) in [6, 6.07) is 0. The highest BCUT2D eigenvalue weighted by Gasteiger charge is 2.20. The van der Waals surface area contributed by atoms with E-state index in [0.717, 1.165) is 37.6 Å². The van der Waals surface area contributed by atoms with Crippen molar-refractivity contribution in [1.82, 2.24) is 15.5 Å². The zero-order valence-corrected chi connectivity index (χ0v) is 7.16. The van der Waals surface area contributed by atoms with Crippen LogP contribution in [0.5, 0.6) is 0 Å². The lowest BCUT2D eigenvalue weighted by atomic mass is 10.00. The van der Waals surface area contributed by atoms with Crippen LogP contribution in [-0.4, -0.2) is 23.2 Å². The molecule has 65 valence electrons. The van der Waals surface area contributed by atoms with Gasteiger partial charge in [0.2, 0.25) is 5.89 Å². The van der Waals surface area contributed by atoms with E-state index in [1.807, 2.05) is 6.92 Å². The molecule has 4 nitrogen and oxygen atoms in total. The van der Waals surface area contributed by atoms with Gasteiger partial charge in [0, 0.05) is 13.1 Å². The van der Waals surface area contributed by atoms with Crippen LogP contribution in [0.1, 0.15) is 30.5 Å². The average molecular weight is 166 g/mol. The molecule has 2 rings (SSSR count). The van der Waals surface area contributed by atoms with Crippen LogP contribution in [0.4, 0.5) is 0 Å². The zero-order chi connectivity index (χ0) is 8.39. The van der Waals surface area contributed by atoms with Gasteiger partial charge >= 0.3 is 0 Å². The zero-order valence-electron chi connectivity index (χ0n) is 7.16. The fraction of sp³-hybridized carbons (Fsp3) is 0.750. The highest BCUT2D eigenvalue weighted by molar-refractivity contribution is 4.95. The second kappa shape index (κ2) is 3.23. The van der Waals surface area contributed by atoms with Crippen LogP contribution < -0.4 is 5.32 Å². The maximum atomic E-state index is 5.08. The molecule has 1 aliphatic heterocycles. The molecule has 2 heterocycles. The molecule has 1 radical (unpaired) electrons. The molecule has 1 saturated heterocycles. The van der Waals surface area contributed by atoms with Crippen LogP contribution >= 0.6 is 0 Å². The van der Waals surface area contributed by atoms with Crippen molar-refractivity contribution in [3.8, 4) is 0 Å². The Morgan fingerprint density at radius 3 is 3.00 bits per heavy atom. The number of aromatic nitrogens is 2. The number of nitrogens with zero attached hydrogens (tertiary/aromatic N) is 3. The van der Waals surface area contributed by atoms with Crippen LogP contribution in [0.2, 0.25) is 0 Å². The third-order valence-electron chi connectivity index (χ3n) is 2.11. The first kappa shape index (κ1) is 7.73. The normalized spacial score (nSPS) is 24.2. The summed E-state index contributed by atoms with van der Waals surface area (Å²) in [5.74, 6) is 1.85. The van der Waals surface area contributed by atoms with Crippen molar-refractivity contribution in [3.63, 3.8) is 0 Å². The molecule has 1 unspecified atom stereocenters. The summed E-state index contributed by atoms with van der Waals surface area (Å²) in [7, 11) is 0. The van der Waals surface area contributed by atoms with Gasteiger partial charge in [0.15, 0.2) is 5.82 Å². The fourth-order valence-electron chi connectivity index (χ4n) is 1.47. The first-order valence-corrected chi connectivity index (χ1v) is 4.30. The highest BCUT2D eigenvalue weighted by atomic mass is 16.5. The Hall–Kier alpha value is -0.900. The third kappa shape index (κ3) is 1.48. The molecular formula is C8H12N3O. The Kier molecular flexibility index (Phi) is 2.08. The van der Waals surface area contributed by atoms with E-state index in [4.69, 9.17) is 4.52 Å². The van der Waals surface area contributed by atoms with E-state index < -0.39 is 0 Å². The molecule has 4 heteroatoms. The van der Waals surface area contributed by atoms with Gasteiger partial charge in [-0.1, -0.05) is 5.16 Å². The summed E-state index contributed by atoms with van der Waals surface area (Å²) in [5.41, 5.74) is 0. The smallest absolute Gasteiger partial charge is 0.231 e. The predicted molar refractivity (Wildman–Crippen MR) is 42.9 cm³/mol. The summed E-state index contributed by atoms with van der Waals surface area (Å²) >= 11 is 0. The van der Waals surface area contributed by atoms with E-state index in [1.165, 1.54) is 0 Å². The topological polar surface area (TPSA) is 53.0 Å². The van der Waals surface area contributed by atoms with Gasteiger partial charge < -0.3 is 4.52 Å². The standard InChI is InChI=1S/C8H12N3O/c1-6-10-8(12-11-6)7-3-2-4-9-5-7/h7H,2-5H2,1H3. The van der Waals surface area contributed by atoms with Gasteiger partial charge in [-0.3, -0.25) is 0 Å². The molecule has 1 aromatic rings. The van der Waals surface area contributed by atoms with E-state index in [-0.39, 0.29) is 0 Å². The monoisotopic (exact) mass is 166 g/mol. The Bertz CT molecular complexity index is 253. The lowest BCUT2D eigenvalue weighted by Crippen LogP contribution is -2.22. The molecule has 0 N–H and O–H groups in total. The van der Waals surface area contributed by atoms with Crippen LogP contribution in [0.15, 0.2) is 4.52 Å². The van der Waals surface area contributed by atoms with Crippen molar-refractivity contribution in [3.05, 3.63) is 11.7 Å². The average Bonchev–Trinajstić information content (AvgIpc) is 2.54. The minimum Gasteiger partial charge on any atom is -0.339 e. The molecule has 1 aliphatic rings. The van der Waals surface area contributed by atoms with Crippen LogP contribution in [0.25, 0.3) is 0 Å². The summed E-state index contributed by atoms with van der Waals surface area (Å²) in [5, 5.41) is 8.08. The van der Waals surface area contributed by atoms with E-state index in [9.17, 15) is 0 Å². The number of rotatable bonds is 1. The van der Waals surface area contributed by atoms with Crippen LogP contribution in [0.3, 0.4) is 0 Å².